The Bertz CT molecular complexity index is 1310. The summed E-state index contributed by atoms with van der Waals surface area (Å²) in [5, 5.41) is 2.76. The van der Waals surface area contributed by atoms with Crippen LogP contribution in [0.5, 0.6) is 0 Å². The molecule has 0 aliphatic carbocycles. The van der Waals surface area contributed by atoms with Gasteiger partial charge in [-0.15, -0.1) is 0 Å². The van der Waals surface area contributed by atoms with E-state index in [1.807, 2.05) is 64.1 Å². The lowest BCUT2D eigenvalue weighted by molar-refractivity contribution is -0.122. The number of aryl methyl sites for hydroxylation is 3. The molecule has 1 fully saturated rings. The molecule has 1 aliphatic rings. The van der Waals surface area contributed by atoms with Crippen molar-refractivity contribution < 1.29 is 9.59 Å². The maximum absolute atomic E-state index is 13.4. The minimum Gasteiger partial charge on any atom is -0.318 e. The Balaban J connectivity index is 1.77. The average Bonchev–Trinajstić information content (AvgIpc) is 3.00. The van der Waals surface area contributed by atoms with E-state index in [0.29, 0.717) is 5.69 Å². The number of rotatable bonds is 3. The molecule has 0 radical (unpaired) electrons. The summed E-state index contributed by atoms with van der Waals surface area (Å²) >= 11 is 7.62. The highest BCUT2D eigenvalue weighted by atomic mass is 127. The Hall–Kier alpha value is -2.78. The summed E-state index contributed by atoms with van der Waals surface area (Å²) in [5.41, 5.74) is 6.53. The first-order chi connectivity index (χ1) is 15.2. The van der Waals surface area contributed by atoms with Crippen LogP contribution in [0.3, 0.4) is 0 Å². The topological polar surface area (TPSA) is 54.3 Å². The second kappa shape index (κ2) is 8.63. The molecule has 3 aromatic rings. The highest BCUT2D eigenvalue weighted by Crippen LogP contribution is 2.28. The minimum atomic E-state index is -0.486. The van der Waals surface area contributed by atoms with Crippen molar-refractivity contribution in [3.8, 4) is 5.69 Å². The van der Waals surface area contributed by atoms with Crippen molar-refractivity contribution >= 4 is 63.5 Å². The Morgan fingerprint density at radius 1 is 0.969 bits per heavy atom. The lowest BCUT2D eigenvalue weighted by Gasteiger charge is -2.30. The summed E-state index contributed by atoms with van der Waals surface area (Å²) in [6.45, 7) is 7.90. The Labute approximate surface area is 206 Å². The van der Waals surface area contributed by atoms with Crippen molar-refractivity contribution in [1.29, 1.82) is 0 Å². The van der Waals surface area contributed by atoms with E-state index in [1.165, 1.54) is 4.90 Å². The fourth-order valence-corrected chi connectivity index (χ4v) is 4.64. The monoisotopic (exact) mass is 555 g/mol. The average molecular weight is 555 g/mol. The van der Waals surface area contributed by atoms with Crippen LogP contribution in [0.1, 0.15) is 28.1 Å². The van der Waals surface area contributed by atoms with E-state index in [4.69, 9.17) is 12.2 Å². The smallest absolute Gasteiger partial charge is 0.270 e. The van der Waals surface area contributed by atoms with Crippen LogP contribution in [0.15, 0.2) is 54.1 Å². The lowest BCUT2D eigenvalue weighted by atomic mass is 10.0. The zero-order valence-corrected chi connectivity index (χ0v) is 21.2. The van der Waals surface area contributed by atoms with Gasteiger partial charge in [0.2, 0.25) is 0 Å². The molecule has 162 valence electrons. The van der Waals surface area contributed by atoms with E-state index < -0.39 is 11.8 Å². The molecule has 0 saturated carbocycles. The molecular formula is C25H22IN3O2S. The SMILES string of the molecule is Cc1ccc(N2C(=O)/C(=C/c3cc(C)n(-c4ccc(I)cc4)c3C)C(=O)NC2=S)c(C)c1. The van der Waals surface area contributed by atoms with Crippen LogP contribution in [0.2, 0.25) is 0 Å². The van der Waals surface area contributed by atoms with Crippen molar-refractivity contribution in [3.63, 3.8) is 0 Å². The first kappa shape index (κ1) is 22.4. The van der Waals surface area contributed by atoms with Gasteiger partial charge in [0.15, 0.2) is 5.11 Å². The van der Waals surface area contributed by atoms with Crippen LogP contribution in [0.25, 0.3) is 11.8 Å². The quantitative estimate of drug-likeness (QED) is 0.211. The van der Waals surface area contributed by atoms with Crippen LogP contribution >= 0.6 is 34.8 Å². The number of carbonyl (C=O) groups excluding carboxylic acids is 2. The number of halogens is 1. The second-order valence-corrected chi connectivity index (χ2v) is 9.52. The van der Waals surface area contributed by atoms with Gasteiger partial charge in [0.25, 0.3) is 11.8 Å². The number of hydrogen-bond donors (Lipinski definition) is 1. The number of amides is 2. The second-order valence-electron chi connectivity index (χ2n) is 7.89. The van der Waals surface area contributed by atoms with Gasteiger partial charge in [-0.1, -0.05) is 17.7 Å². The van der Waals surface area contributed by atoms with E-state index in [2.05, 4.69) is 44.6 Å². The Kier molecular flexibility index (Phi) is 6.05. The van der Waals surface area contributed by atoms with Gasteiger partial charge in [0.1, 0.15) is 5.57 Å². The largest absolute Gasteiger partial charge is 0.318 e. The molecule has 1 aromatic heterocycles. The fourth-order valence-electron chi connectivity index (χ4n) is 4.01. The summed E-state index contributed by atoms with van der Waals surface area (Å²) in [5.74, 6) is -0.912. The van der Waals surface area contributed by atoms with Crippen LogP contribution in [-0.4, -0.2) is 21.5 Å². The number of hydrogen-bond acceptors (Lipinski definition) is 3. The summed E-state index contributed by atoms with van der Waals surface area (Å²) in [4.78, 5) is 27.5. The molecule has 1 N–H and O–H groups in total. The molecule has 0 atom stereocenters. The van der Waals surface area contributed by atoms with Gasteiger partial charge in [0, 0.05) is 20.6 Å². The molecule has 0 bridgehead atoms. The Morgan fingerprint density at radius 2 is 1.66 bits per heavy atom. The highest BCUT2D eigenvalue weighted by molar-refractivity contribution is 14.1. The number of anilines is 1. The molecule has 1 saturated heterocycles. The predicted octanol–water partition coefficient (Wildman–Crippen LogP) is 5.15. The van der Waals surface area contributed by atoms with Crippen LogP contribution < -0.4 is 10.2 Å². The van der Waals surface area contributed by atoms with Gasteiger partial charge in [-0.25, -0.2) is 0 Å². The van der Waals surface area contributed by atoms with Gasteiger partial charge >= 0.3 is 0 Å². The number of nitrogens with zero attached hydrogens (tertiary/aromatic N) is 2. The van der Waals surface area contributed by atoms with Crippen molar-refractivity contribution in [1.82, 2.24) is 9.88 Å². The first-order valence-electron chi connectivity index (χ1n) is 10.1. The molecular weight excluding hydrogens is 533 g/mol. The predicted molar refractivity (Wildman–Crippen MR) is 140 cm³/mol. The molecule has 0 spiro atoms. The summed E-state index contributed by atoms with van der Waals surface area (Å²) in [6, 6.07) is 15.9. The molecule has 5 nitrogen and oxygen atoms in total. The van der Waals surface area contributed by atoms with E-state index >= 15 is 0 Å². The standard InChI is InChI=1S/C25H22IN3O2S/c1-14-5-10-22(15(2)11-14)29-24(31)21(23(30)27-25(29)32)13-18-12-16(3)28(17(18)4)20-8-6-19(26)7-9-20/h5-13H,1-4H3,(H,27,30,32)/b21-13+. The third-order valence-corrected chi connectivity index (χ3v) is 6.55. The molecule has 0 unspecified atom stereocenters. The van der Waals surface area contributed by atoms with Crippen molar-refractivity contribution in [3.05, 3.63) is 85.8 Å². The van der Waals surface area contributed by atoms with Crippen LogP contribution in [0.4, 0.5) is 5.69 Å². The number of nitrogens with one attached hydrogen (secondary N) is 1. The molecule has 32 heavy (non-hydrogen) atoms. The number of carbonyl (C=O) groups is 2. The molecule has 1 aliphatic heterocycles. The molecule has 4 rings (SSSR count). The summed E-state index contributed by atoms with van der Waals surface area (Å²) < 4.78 is 3.27. The van der Waals surface area contributed by atoms with Crippen molar-refractivity contribution in [2.45, 2.75) is 27.7 Å². The van der Waals surface area contributed by atoms with Gasteiger partial charge in [-0.3, -0.25) is 19.8 Å². The van der Waals surface area contributed by atoms with E-state index in [9.17, 15) is 9.59 Å². The molecule has 2 amide bonds. The highest BCUT2D eigenvalue weighted by Gasteiger charge is 2.35. The maximum atomic E-state index is 13.4. The molecule has 2 aromatic carbocycles. The van der Waals surface area contributed by atoms with E-state index in [1.54, 1.807) is 6.08 Å². The van der Waals surface area contributed by atoms with Gasteiger partial charge in [-0.2, -0.15) is 0 Å². The van der Waals surface area contributed by atoms with Crippen molar-refractivity contribution in [2.75, 3.05) is 4.90 Å². The molecule has 7 heteroatoms. The number of aromatic nitrogens is 1. The normalized spacial score (nSPS) is 15.5. The number of thiocarbonyl (C=S) groups is 1. The van der Waals surface area contributed by atoms with E-state index in [0.717, 1.165) is 37.3 Å². The zero-order valence-electron chi connectivity index (χ0n) is 18.2. The fraction of sp³-hybridized carbons (Fsp3) is 0.160. The summed E-state index contributed by atoms with van der Waals surface area (Å²) in [7, 11) is 0. The van der Waals surface area contributed by atoms with Gasteiger partial charge in [-0.05, 0) is 116 Å². The summed E-state index contributed by atoms with van der Waals surface area (Å²) in [6.07, 6.45) is 1.65. The Morgan fingerprint density at radius 3 is 2.31 bits per heavy atom. The van der Waals surface area contributed by atoms with Crippen molar-refractivity contribution in [2.24, 2.45) is 0 Å². The third kappa shape index (κ3) is 4.02. The minimum absolute atomic E-state index is 0.0569. The molecule has 2 heterocycles. The van der Waals surface area contributed by atoms with Gasteiger partial charge < -0.3 is 4.57 Å². The number of benzene rings is 2. The maximum Gasteiger partial charge on any atom is 0.270 e. The van der Waals surface area contributed by atoms with E-state index in [-0.39, 0.29) is 10.7 Å². The first-order valence-corrected chi connectivity index (χ1v) is 11.6. The zero-order chi connectivity index (χ0) is 23.2. The van der Waals surface area contributed by atoms with Crippen LogP contribution in [0, 0.1) is 31.3 Å². The lowest BCUT2D eigenvalue weighted by Crippen LogP contribution is -2.54. The van der Waals surface area contributed by atoms with Gasteiger partial charge in [0.05, 0.1) is 5.69 Å². The third-order valence-electron chi connectivity index (χ3n) is 5.55. The van der Waals surface area contributed by atoms with Crippen LogP contribution in [-0.2, 0) is 9.59 Å².